The molecule has 0 saturated carbocycles. The Morgan fingerprint density at radius 1 is 1.47 bits per heavy atom. The summed E-state index contributed by atoms with van der Waals surface area (Å²) in [5.74, 6) is 0. The standard InChI is InChI=1S/C14H19N3O2/c1-4-8-16(11(3)5-2)13-6-7-14(17(18)19)12(9-13)10-15/h6-7,9,11H,4-5,8H2,1-3H3. The Balaban J connectivity index is 3.19. The number of hydrogen-bond acceptors (Lipinski definition) is 4. The van der Waals surface area contributed by atoms with Crippen LogP contribution in [0.15, 0.2) is 18.2 Å². The summed E-state index contributed by atoms with van der Waals surface area (Å²) in [5.41, 5.74) is 0.858. The predicted octanol–water partition coefficient (Wildman–Crippen LogP) is 3.48. The van der Waals surface area contributed by atoms with Crippen molar-refractivity contribution in [1.82, 2.24) is 0 Å². The second-order valence-electron chi connectivity index (χ2n) is 4.52. The van der Waals surface area contributed by atoms with Gasteiger partial charge in [-0.25, -0.2) is 0 Å². The van der Waals surface area contributed by atoms with E-state index in [0.29, 0.717) is 6.04 Å². The minimum Gasteiger partial charge on any atom is -0.369 e. The molecule has 19 heavy (non-hydrogen) atoms. The summed E-state index contributed by atoms with van der Waals surface area (Å²) in [6, 6.07) is 6.99. The van der Waals surface area contributed by atoms with Crippen molar-refractivity contribution in [3.8, 4) is 6.07 Å². The Labute approximate surface area is 113 Å². The van der Waals surface area contributed by atoms with E-state index in [-0.39, 0.29) is 11.3 Å². The van der Waals surface area contributed by atoms with Crippen molar-refractivity contribution in [3.63, 3.8) is 0 Å². The quantitative estimate of drug-likeness (QED) is 0.580. The summed E-state index contributed by atoms with van der Waals surface area (Å²) >= 11 is 0. The first-order valence-electron chi connectivity index (χ1n) is 6.50. The van der Waals surface area contributed by atoms with Crippen molar-refractivity contribution in [1.29, 1.82) is 5.26 Å². The van der Waals surface area contributed by atoms with Gasteiger partial charge in [0.05, 0.1) is 4.92 Å². The zero-order valence-electron chi connectivity index (χ0n) is 11.6. The van der Waals surface area contributed by atoms with Crippen LogP contribution in [0.4, 0.5) is 11.4 Å². The largest absolute Gasteiger partial charge is 0.369 e. The van der Waals surface area contributed by atoms with Gasteiger partial charge in [-0.3, -0.25) is 10.1 Å². The molecule has 0 bridgehead atoms. The highest BCUT2D eigenvalue weighted by Gasteiger charge is 2.18. The molecular formula is C14H19N3O2. The number of rotatable bonds is 6. The molecule has 5 heteroatoms. The smallest absolute Gasteiger partial charge is 0.287 e. The predicted molar refractivity (Wildman–Crippen MR) is 75.2 cm³/mol. The molecule has 0 aliphatic heterocycles. The minimum atomic E-state index is -0.518. The highest BCUT2D eigenvalue weighted by Crippen LogP contribution is 2.26. The van der Waals surface area contributed by atoms with Gasteiger partial charge >= 0.3 is 0 Å². The van der Waals surface area contributed by atoms with Gasteiger partial charge < -0.3 is 4.90 Å². The fourth-order valence-electron chi connectivity index (χ4n) is 2.02. The fourth-order valence-corrected chi connectivity index (χ4v) is 2.02. The maximum atomic E-state index is 10.8. The first-order valence-corrected chi connectivity index (χ1v) is 6.50. The van der Waals surface area contributed by atoms with Crippen molar-refractivity contribution in [2.45, 2.75) is 39.7 Å². The maximum absolute atomic E-state index is 10.8. The number of nitrogens with zero attached hydrogens (tertiary/aromatic N) is 3. The number of nitro benzene ring substituents is 1. The molecule has 0 aromatic heterocycles. The van der Waals surface area contributed by atoms with E-state index in [1.54, 1.807) is 12.1 Å². The average molecular weight is 261 g/mol. The average Bonchev–Trinajstić information content (AvgIpc) is 2.43. The number of nitriles is 1. The van der Waals surface area contributed by atoms with Crippen LogP contribution in [0.5, 0.6) is 0 Å². The third kappa shape index (κ3) is 3.44. The van der Waals surface area contributed by atoms with Gasteiger partial charge in [0.25, 0.3) is 5.69 Å². The van der Waals surface area contributed by atoms with Crippen LogP contribution in [-0.2, 0) is 0 Å². The first-order chi connectivity index (χ1) is 9.04. The number of anilines is 1. The van der Waals surface area contributed by atoms with Crippen molar-refractivity contribution in [3.05, 3.63) is 33.9 Å². The van der Waals surface area contributed by atoms with Crippen LogP contribution in [0.2, 0.25) is 0 Å². The highest BCUT2D eigenvalue weighted by atomic mass is 16.6. The van der Waals surface area contributed by atoms with Gasteiger partial charge in [-0.2, -0.15) is 5.26 Å². The van der Waals surface area contributed by atoms with Crippen LogP contribution in [0, 0.1) is 21.4 Å². The third-order valence-corrected chi connectivity index (χ3v) is 3.22. The normalized spacial score (nSPS) is 11.7. The molecule has 0 spiro atoms. The summed E-state index contributed by atoms with van der Waals surface area (Å²) in [5, 5.41) is 19.8. The molecule has 1 rings (SSSR count). The van der Waals surface area contributed by atoms with E-state index in [4.69, 9.17) is 5.26 Å². The number of benzene rings is 1. The summed E-state index contributed by atoms with van der Waals surface area (Å²) in [4.78, 5) is 12.5. The Bertz CT molecular complexity index is 494. The molecule has 0 amide bonds. The molecule has 0 saturated heterocycles. The number of hydrogen-bond donors (Lipinski definition) is 0. The lowest BCUT2D eigenvalue weighted by Crippen LogP contribution is -2.33. The van der Waals surface area contributed by atoms with Crippen LogP contribution in [0.25, 0.3) is 0 Å². The molecule has 1 atom stereocenters. The van der Waals surface area contributed by atoms with Crippen LogP contribution >= 0.6 is 0 Å². The van der Waals surface area contributed by atoms with E-state index >= 15 is 0 Å². The molecule has 102 valence electrons. The van der Waals surface area contributed by atoms with E-state index in [0.717, 1.165) is 25.1 Å². The van der Waals surface area contributed by atoms with Crippen molar-refractivity contribution < 1.29 is 4.92 Å². The Morgan fingerprint density at radius 3 is 2.63 bits per heavy atom. The van der Waals surface area contributed by atoms with Gasteiger partial charge in [0.15, 0.2) is 0 Å². The molecule has 0 aliphatic rings. The van der Waals surface area contributed by atoms with E-state index < -0.39 is 4.92 Å². The van der Waals surface area contributed by atoms with Crippen molar-refractivity contribution >= 4 is 11.4 Å². The zero-order chi connectivity index (χ0) is 14.4. The fraction of sp³-hybridized carbons (Fsp3) is 0.500. The molecule has 1 aromatic carbocycles. The van der Waals surface area contributed by atoms with E-state index in [1.807, 2.05) is 6.07 Å². The Hall–Kier alpha value is -2.09. The van der Waals surface area contributed by atoms with Gasteiger partial charge in [0.1, 0.15) is 11.6 Å². The monoisotopic (exact) mass is 261 g/mol. The minimum absolute atomic E-state index is 0.118. The lowest BCUT2D eigenvalue weighted by atomic mass is 10.1. The Morgan fingerprint density at radius 2 is 2.16 bits per heavy atom. The molecule has 1 aromatic rings. The summed E-state index contributed by atoms with van der Waals surface area (Å²) in [6.07, 6.45) is 1.97. The van der Waals surface area contributed by atoms with Crippen LogP contribution in [0.1, 0.15) is 39.2 Å². The Kier molecular flexibility index (Phi) is 5.31. The zero-order valence-corrected chi connectivity index (χ0v) is 11.6. The molecule has 1 unspecified atom stereocenters. The van der Waals surface area contributed by atoms with Crippen molar-refractivity contribution in [2.24, 2.45) is 0 Å². The summed E-state index contributed by atoms with van der Waals surface area (Å²) < 4.78 is 0. The van der Waals surface area contributed by atoms with Gasteiger partial charge in [-0.05, 0) is 31.9 Å². The van der Waals surface area contributed by atoms with Crippen molar-refractivity contribution in [2.75, 3.05) is 11.4 Å². The van der Waals surface area contributed by atoms with Crippen LogP contribution < -0.4 is 4.90 Å². The lowest BCUT2D eigenvalue weighted by Gasteiger charge is -2.30. The van der Waals surface area contributed by atoms with Gasteiger partial charge in [0.2, 0.25) is 0 Å². The topological polar surface area (TPSA) is 70.2 Å². The third-order valence-electron chi connectivity index (χ3n) is 3.22. The number of nitro groups is 1. The second-order valence-corrected chi connectivity index (χ2v) is 4.52. The highest BCUT2D eigenvalue weighted by molar-refractivity contribution is 5.60. The SMILES string of the molecule is CCCN(c1ccc([N+](=O)[O-])c(C#N)c1)C(C)CC. The van der Waals surface area contributed by atoms with E-state index in [1.165, 1.54) is 6.07 Å². The summed E-state index contributed by atoms with van der Waals surface area (Å²) in [6.45, 7) is 7.18. The van der Waals surface area contributed by atoms with Crippen LogP contribution in [-0.4, -0.2) is 17.5 Å². The molecule has 0 heterocycles. The molecular weight excluding hydrogens is 242 g/mol. The van der Waals surface area contributed by atoms with Gasteiger partial charge in [-0.1, -0.05) is 13.8 Å². The molecule has 0 fully saturated rings. The molecule has 5 nitrogen and oxygen atoms in total. The molecule has 0 radical (unpaired) electrons. The van der Waals surface area contributed by atoms with Crippen LogP contribution in [0.3, 0.4) is 0 Å². The lowest BCUT2D eigenvalue weighted by molar-refractivity contribution is -0.385. The first kappa shape index (κ1) is 15.0. The van der Waals surface area contributed by atoms with Gasteiger partial charge in [0, 0.05) is 24.3 Å². The maximum Gasteiger partial charge on any atom is 0.287 e. The second kappa shape index (κ2) is 6.74. The van der Waals surface area contributed by atoms with E-state index in [9.17, 15) is 10.1 Å². The summed E-state index contributed by atoms with van der Waals surface area (Å²) in [7, 11) is 0. The molecule has 0 aliphatic carbocycles. The van der Waals surface area contributed by atoms with E-state index in [2.05, 4.69) is 25.7 Å². The van der Waals surface area contributed by atoms with Gasteiger partial charge in [-0.15, -0.1) is 0 Å². The molecule has 0 N–H and O–H groups in total.